The van der Waals surface area contributed by atoms with Gasteiger partial charge in [-0.15, -0.1) is 0 Å². The monoisotopic (exact) mass is 489 g/mol. The van der Waals surface area contributed by atoms with Gasteiger partial charge in [-0.1, -0.05) is 12.1 Å². The molecule has 2 aromatic carbocycles. The number of aromatic nitrogens is 2. The minimum Gasteiger partial charge on any atom is -0.493 e. The molecule has 142 valence electrons. The van der Waals surface area contributed by atoms with E-state index < -0.39 is 5.97 Å². The molecule has 1 aromatic heterocycles. The highest BCUT2D eigenvalue weighted by molar-refractivity contribution is 14.1. The Morgan fingerprint density at radius 1 is 1.32 bits per heavy atom. The fourth-order valence-electron chi connectivity index (χ4n) is 2.55. The average molecular weight is 489 g/mol. The highest BCUT2D eigenvalue weighted by atomic mass is 127. The molecule has 0 fully saturated rings. The van der Waals surface area contributed by atoms with E-state index in [0.29, 0.717) is 22.9 Å². The third-order valence-electron chi connectivity index (χ3n) is 3.89. The minimum absolute atomic E-state index is 0.222. The van der Waals surface area contributed by atoms with E-state index in [9.17, 15) is 10.1 Å². The van der Waals surface area contributed by atoms with Crippen LogP contribution in [0.25, 0.3) is 22.7 Å². The summed E-state index contributed by atoms with van der Waals surface area (Å²) in [7, 11) is 2.80. The van der Waals surface area contributed by atoms with Gasteiger partial charge in [0.2, 0.25) is 0 Å². The van der Waals surface area contributed by atoms with Crippen molar-refractivity contribution in [3.63, 3.8) is 0 Å². The molecule has 0 unspecified atom stereocenters. The summed E-state index contributed by atoms with van der Waals surface area (Å²) in [5.74, 6) is 0.888. The normalized spacial score (nSPS) is 11.1. The van der Waals surface area contributed by atoms with Crippen molar-refractivity contribution in [3.05, 3.63) is 51.4 Å². The number of allylic oxidation sites excluding steroid dienone is 1. The van der Waals surface area contributed by atoms with E-state index in [1.54, 1.807) is 12.1 Å². The summed E-state index contributed by atoms with van der Waals surface area (Å²) in [5.41, 5.74) is 2.77. The number of methoxy groups -OCH3 is 2. The number of esters is 1. The Labute approximate surface area is 175 Å². The first kappa shape index (κ1) is 19.7. The number of ether oxygens (including phenoxy) is 3. The summed E-state index contributed by atoms with van der Waals surface area (Å²) >= 11 is 2.09. The van der Waals surface area contributed by atoms with Crippen LogP contribution in [0, 0.1) is 14.9 Å². The van der Waals surface area contributed by atoms with Gasteiger partial charge in [-0.05, 0) is 58.5 Å². The van der Waals surface area contributed by atoms with Gasteiger partial charge < -0.3 is 19.2 Å². The number of fused-ring (bicyclic) bond motifs is 1. The molecule has 0 radical (unpaired) electrons. The third-order valence-corrected chi connectivity index (χ3v) is 4.69. The van der Waals surface area contributed by atoms with Gasteiger partial charge in [-0.3, -0.25) is 0 Å². The predicted molar refractivity (Wildman–Crippen MR) is 113 cm³/mol. The van der Waals surface area contributed by atoms with Crippen LogP contribution in [0.4, 0.5) is 0 Å². The Morgan fingerprint density at radius 3 is 2.79 bits per heavy atom. The molecule has 8 heteroatoms. The van der Waals surface area contributed by atoms with Crippen molar-refractivity contribution < 1.29 is 19.0 Å². The van der Waals surface area contributed by atoms with Crippen molar-refractivity contribution in [2.75, 3.05) is 20.8 Å². The quantitative estimate of drug-likeness (QED) is 0.322. The number of nitrogens with one attached hydrogen (secondary N) is 1. The van der Waals surface area contributed by atoms with Gasteiger partial charge in [0.05, 0.1) is 34.4 Å². The molecule has 0 atom stereocenters. The van der Waals surface area contributed by atoms with Crippen molar-refractivity contribution in [2.24, 2.45) is 0 Å². The fraction of sp³-hybridized carbons (Fsp3) is 0.150. The van der Waals surface area contributed by atoms with Crippen LogP contribution in [0.15, 0.2) is 36.4 Å². The minimum atomic E-state index is -0.488. The van der Waals surface area contributed by atoms with Gasteiger partial charge in [-0.2, -0.15) is 5.26 Å². The van der Waals surface area contributed by atoms with E-state index in [1.807, 2.05) is 30.3 Å². The smallest absolute Gasteiger partial charge is 0.343 e. The molecule has 0 bridgehead atoms. The number of rotatable bonds is 6. The Bertz CT molecular complexity index is 1070. The molecule has 0 aliphatic heterocycles. The lowest BCUT2D eigenvalue weighted by molar-refractivity contribution is -0.142. The van der Waals surface area contributed by atoms with Gasteiger partial charge in [0.25, 0.3) is 0 Å². The number of imidazole rings is 1. The lowest BCUT2D eigenvalue weighted by Crippen LogP contribution is -2.13. The van der Waals surface area contributed by atoms with Crippen LogP contribution in [0.2, 0.25) is 0 Å². The fourth-order valence-corrected chi connectivity index (χ4v) is 3.33. The molecule has 28 heavy (non-hydrogen) atoms. The number of carbonyl (C=O) groups is 1. The van der Waals surface area contributed by atoms with E-state index >= 15 is 0 Å². The van der Waals surface area contributed by atoms with Crippen molar-refractivity contribution in [1.82, 2.24) is 9.97 Å². The molecule has 0 saturated carbocycles. The van der Waals surface area contributed by atoms with Gasteiger partial charge in [0.1, 0.15) is 11.9 Å². The van der Waals surface area contributed by atoms with Crippen molar-refractivity contribution >= 4 is 51.2 Å². The van der Waals surface area contributed by atoms with Gasteiger partial charge in [0.15, 0.2) is 18.1 Å². The van der Waals surface area contributed by atoms with E-state index in [2.05, 4.69) is 43.4 Å². The molecule has 3 rings (SSSR count). The Morgan fingerprint density at radius 2 is 2.11 bits per heavy atom. The summed E-state index contributed by atoms with van der Waals surface area (Å²) in [5, 5.41) is 9.60. The zero-order valence-electron chi connectivity index (χ0n) is 15.2. The topological polar surface area (TPSA) is 97.2 Å². The first-order chi connectivity index (χ1) is 13.5. The molecule has 0 aliphatic rings. The van der Waals surface area contributed by atoms with E-state index in [0.717, 1.165) is 20.2 Å². The summed E-state index contributed by atoms with van der Waals surface area (Å²) in [6, 6.07) is 13.3. The molecular formula is C20H16IN3O4. The van der Waals surface area contributed by atoms with Crippen molar-refractivity contribution in [2.45, 2.75) is 0 Å². The summed E-state index contributed by atoms with van der Waals surface area (Å²) in [4.78, 5) is 18.9. The molecular weight excluding hydrogens is 473 g/mol. The first-order valence-corrected chi connectivity index (χ1v) is 9.27. The number of H-pyrrole nitrogens is 1. The number of aromatic amines is 1. The number of carbonyl (C=O) groups excluding carboxylic acids is 1. The Kier molecular flexibility index (Phi) is 6.16. The maximum absolute atomic E-state index is 11.3. The maximum atomic E-state index is 11.3. The molecule has 0 spiro atoms. The molecule has 0 aliphatic carbocycles. The van der Waals surface area contributed by atoms with Crippen molar-refractivity contribution in [3.8, 4) is 17.6 Å². The Balaban J connectivity index is 1.96. The second-order valence-electron chi connectivity index (χ2n) is 5.67. The number of nitrogens with zero attached hydrogens (tertiary/aromatic N) is 2. The lowest BCUT2D eigenvalue weighted by atomic mass is 10.1. The van der Waals surface area contributed by atoms with Crippen molar-refractivity contribution in [1.29, 1.82) is 5.26 Å². The number of hydrogen-bond donors (Lipinski definition) is 1. The maximum Gasteiger partial charge on any atom is 0.343 e. The van der Waals surface area contributed by atoms with Crippen LogP contribution in [-0.4, -0.2) is 36.8 Å². The number of para-hydroxylation sites is 2. The second kappa shape index (κ2) is 8.75. The molecule has 7 nitrogen and oxygen atoms in total. The number of hydrogen-bond acceptors (Lipinski definition) is 6. The van der Waals surface area contributed by atoms with E-state index in [-0.39, 0.29) is 6.61 Å². The van der Waals surface area contributed by atoms with E-state index in [1.165, 1.54) is 14.2 Å². The number of nitriles is 1. The molecule has 0 saturated heterocycles. The second-order valence-corrected chi connectivity index (χ2v) is 6.83. The summed E-state index contributed by atoms with van der Waals surface area (Å²) in [6.45, 7) is -0.222. The van der Waals surface area contributed by atoms with Crippen LogP contribution in [0.1, 0.15) is 11.4 Å². The zero-order chi connectivity index (χ0) is 20.1. The molecule has 1 N–H and O–H groups in total. The van der Waals surface area contributed by atoms with Gasteiger partial charge >= 0.3 is 5.97 Å². The largest absolute Gasteiger partial charge is 0.493 e. The molecule has 1 heterocycles. The molecule has 3 aromatic rings. The SMILES string of the molecule is COC(=O)COc1c(I)cc(/C=C(/C#N)c2nc3ccccc3[nH]2)cc1OC. The zero-order valence-corrected chi connectivity index (χ0v) is 17.3. The van der Waals surface area contributed by atoms with Crippen LogP contribution < -0.4 is 9.47 Å². The lowest BCUT2D eigenvalue weighted by Gasteiger charge is -2.13. The highest BCUT2D eigenvalue weighted by Crippen LogP contribution is 2.35. The number of benzene rings is 2. The predicted octanol–water partition coefficient (Wildman–Crippen LogP) is 3.79. The Hall–Kier alpha value is -3.06. The van der Waals surface area contributed by atoms with Crippen LogP contribution in [0.5, 0.6) is 11.5 Å². The van der Waals surface area contributed by atoms with Crippen LogP contribution >= 0.6 is 22.6 Å². The van der Waals surface area contributed by atoms with Gasteiger partial charge in [-0.25, -0.2) is 9.78 Å². The average Bonchev–Trinajstić information content (AvgIpc) is 3.14. The standard InChI is InChI=1S/C20H16IN3O4/c1-26-17-9-12(8-14(21)19(17)28-11-18(25)27-2)7-13(10-22)20-23-15-5-3-4-6-16(15)24-20/h3-9H,11H2,1-2H3,(H,23,24)/b13-7-. The van der Waals surface area contributed by atoms with E-state index in [4.69, 9.17) is 9.47 Å². The molecule has 0 amide bonds. The van der Waals surface area contributed by atoms with Crippen LogP contribution in [0.3, 0.4) is 0 Å². The van der Waals surface area contributed by atoms with Gasteiger partial charge in [0, 0.05) is 0 Å². The number of halogens is 1. The van der Waals surface area contributed by atoms with Crippen LogP contribution in [-0.2, 0) is 9.53 Å². The summed E-state index contributed by atoms with van der Waals surface area (Å²) in [6.07, 6.45) is 1.71. The third kappa shape index (κ3) is 4.26. The highest BCUT2D eigenvalue weighted by Gasteiger charge is 2.14. The first-order valence-electron chi connectivity index (χ1n) is 8.19. The summed E-state index contributed by atoms with van der Waals surface area (Å²) < 4.78 is 16.2.